The van der Waals surface area contributed by atoms with E-state index in [0.29, 0.717) is 17.4 Å². The summed E-state index contributed by atoms with van der Waals surface area (Å²) in [6, 6.07) is 0. The summed E-state index contributed by atoms with van der Waals surface area (Å²) in [5.74, 6) is 0.206. The van der Waals surface area contributed by atoms with E-state index in [2.05, 4.69) is 6.92 Å². The molecule has 1 fully saturated rings. The molecule has 1 rings (SSSR count). The number of rotatable bonds is 35. The van der Waals surface area contributed by atoms with Gasteiger partial charge in [-0.1, -0.05) is 148 Å². The summed E-state index contributed by atoms with van der Waals surface area (Å²) < 4.78 is 33.8. The lowest BCUT2D eigenvalue weighted by Gasteiger charge is -2.28. The Bertz CT molecular complexity index is 845. The Balaban J connectivity index is 2.28. The molecular weight excluding hydrogens is 629 g/mol. The summed E-state index contributed by atoms with van der Waals surface area (Å²) in [4.78, 5) is 37.3. The van der Waals surface area contributed by atoms with Gasteiger partial charge < -0.3 is 27.9 Å². The molecule has 48 heavy (non-hydrogen) atoms. The number of likely N-dealkylation sites (N-methyl/N-ethyl adjacent to an activating group) is 1. The molecule has 0 aromatic rings. The Morgan fingerprint density at radius 3 is 1.60 bits per heavy atom. The molecule has 0 spiro atoms. The first-order valence-corrected chi connectivity index (χ1v) is 21.2. The molecule has 2 atom stereocenters. The van der Waals surface area contributed by atoms with Crippen LogP contribution in [0.2, 0.25) is 0 Å². The van der Waals surface area contributed by atoms with E-state index in [1.807, 2.05) is 21.1 Å². The normalized spacial score (nSPS) is 15.3. The quantitative estimate of drug-likeness (QED) is 0.0278. The van der Waals surface area contributed by atoms with Crippen molar-refractivity contribution in [1.82, 2.24) is 0 Å². The fraction of sp³-hybridized carbons (Fsp3) is 0.947. The number of unbranched alkanes of at least 4 members (excludes halogenated alkanes) is 19. The number of hydrogen-bond donors (Lipinski definition) is 0. The van der Waals surface area contributed by atoms with E-state index < -0.39 is 26.5 Å². The monoisotopic (exact) mass is 704 g/mol. The van der Waals surface area contributed by atoms with E-state index in [-0.39, 0.29) is 32.0 Å². The highest BCUT2D eigenvalue weighted by Gasteiger charge is 2.22. The van der Waals surface area contributed by atoms with Gasteiger partial charge in [-0.3, -0.25) is 14.2 Å². The smallest absolute Gasteiger partial charge is 0.306 e. The minimum atomic E-state index is -4.61. The number of phosphoric acid groups is 1. The van der Waals surface area contributed by atoms with Crippen LogP contribution in [-0.2, 0) is 32.7 Å². The molecule has 0 aromatic carbocycles. The number of esters is 2. The summed E-state index contributed by atoms with van der Waals surface area (Å²) in [7, 11) is 1.18. The number of nitrogens with zero attached hydrogens (tertiary/aromatic N) is 1. The van der Waals surface area contributed by atoms with Crippen molar-refractivity contribution in [3.05, 3.63) is 0 Å². The van der Waals surface area contributed by atoms with E-state index in [1.54, 1.807) is 0 Å². The first-order valence-electron chi connectivity index (χ1n) is 19.8. The molecule has 0 heterocycles. The summed E-state index contributed by atoms with van der Waals surface area (Å²) >= 11 is 0. The van der Waals surface area contributed by atoms with Gasteiger partial charge in [-0.2, -0.15) is 0 Å². The maximum absolute atomic E-state index is 12.6. The van der Waals surface area contributed by atoms with E-state index in [9.17, 15) is 19.0 Å². The second-order valence-electron chi connectivity index (χ2n) is 15.2. The number of phosphoric ester groups is 1. The highest BCUT2D eigenvalue weighted by atomic mass is 31.2. The van der Waals surface area contributed by atoms with Crippen molar-refractivity contribution in [3.8, 4) is 0 Å². The molecule has 1 unspecified atom stereocenters. The summed E-state index contributed by atoms with van der Waals surface area (Å²) in [5.41, 5.74) is 0. The zero-order chi connectivity index (χ0) is 35.4. The minimum absolute atomic E-state index is 0.0246. The third-order valence-corrected chi connectivity index (χ3v) is 10.0. The molecule has 0 bridgehead atoms. The first kappa shape index (κ1) is 45.0. The van der Waals surface area contributed by atoms with Crippen LogP contribution in [0.3, 0.4) is 0 Å². The average Bonchev–Trinajstić information content (AvgIpc) is 3.85. The number of carbonyl (C=O) groups excluding carboxylic acids is 2. The molecule has 0 N–H and O–H groups in total. The second-order valence-corrected chi connectivity index (χ2v) is 16.6. The average molecular weight is 704 g/mol. The van der Waals surface area contributed by atoms with Gasteiger partial charge in [0.15, 0.2) is 6.10 Å². The summed E-state index contributed by atoms with van der Waals surface area (Å²) in [6.45, 7) is 2.00. The molecule has 0 aliphatic heterocycles. The van der Waals surface area contributed by atoms with Crippen LogP contribution in [0.1, 0.15) is 174 Å². The molecule has 1 aliphatic carbocycles. The van der Waals surface area contributed by atoms with Crippen molar-refractivity contribution >= 4 is 19.8 Å². The number of carbonyl (C=O) groups is 2. The fourth-order valence-electron chi connectivity index (χ4n) is 5.71. The van der Waals surface area contributed by atoms with Gasteiger partial charge >= 0.3 is 11.9 Å². The minimum Gasteiger partial charge on any atom is -0.756 e. The van der Waals surface area contributed by atoms with Crippen LogP contribution in [0, 0.1) is 5.92 Å². The molecule has 0 amide bonds. The van der Waals surface area contributed by atoms with Crippen molar-refractivity contribution in [2.45, 2.75) is 180 Å². The van der Waals surface area contributed by atoms with Crippen LogP contribution in [0.4, 0.5) is 0 Å². The predicted molar refractivity (Wildman–Crippen MR) is 192 cm³/mol. The maximum Gasteiger partial charge on any atom is 0.306 e. The second kappa shape index (κ2) is 28.7. The van der Waals surface area contributed by atoms with Gasteiger partial charge in [-0.05, 0) is 18.8 Å². The Kier molecular flexibility index (Phi) is 26.9. The SMILES string of the molecule is CCCCCCCCCCCCCCCC(=O)O[C@H](COC(=O)CCCCCCCCCCC1CC1)COP(=O)([O-])OCC[N+](C)(C)C. The van der Waals surface area contributed by atoms with Crippen LogP contribution < -0.4 is 4.89 Å². The van der Waals surface area contributed by atoms with E-state index >= 15 is 0 Å². The van der Waals surface area contributed by atoms with E-state index in [4.69, 9.17) is 18.5 Å². The third kappa shape index (κ3) is 31.0. The molecule has 284 valence electrons. The van der Waals surface area contributed by atoms with Crippen molar-refractivity contribution in [1.29, 1.82) is 0 Å². The summed E-state index contributed by atoms with van der Waals surface area (Å²) in [6.07, 6.45) is 28.8. The molecule has 1 saturated carbocycles. The Morgan fingerprint density at radius 1 is 0.667 bits per heavy atom. The standard InChI is InChI=1S/C38H74NO8P/c1-5-6-7-8-9-10-11-12-13-14-19-22-25-28-38(41)47-36(34-46-48(42,43)45-32-31-39(2,3)4)33-44-37(40)27-24-21-18-16-15-17-20-23-26-35-29-30-35/h35-36H,5-34H2,1-4H3/t36-/m1/s1. The third-order valence-electron chi connectivity index (χ3n) is 9.08. The van der Waals surface area contributed by atoms with Crippen LogP contribution in [0.5, 0.6) is 0 Å². The fourth-order valence-corrected chi connectivity index (χ4v) is 6.44. The van der Waals surface area contributed by atoms with Gasteiger partial charge in [0.2, 0.25) is 0 Å². The summed E-state index contributed by atoms with van der Waals surface area (Å²) in [5, 5.41) is 0. The van der Waals surface area contributed by atoms with Gasteiger partial charge in [0, 0.05) is 12.8 Å². The van der Waals surface area contributed by atoms with Gasteiger partial charge in [-0.25, -0.2) is 0 Å². The lowest BCUT2D eigenvalue weighted by molar-refractivity contribution is -0.870. The first-order chi connectivity index (χ1) is 23.0. The van der Waals surface area contributed by atoms with Crippen LogP contribution in [0.15, 0.2) is 0 Å². The Hall–Kier alpha value is -0.990. The van der Waals surface area contributed by atoms with Gasteiger partial charge in [0.25, 0.3) is 7.82 Å². The highest BCUT2D eigenvalue weighted by molar-refractivity contribution is 7.45. The molecule has 9 nitrogen and oxygen atoms in total. The van der Waals surface area contributed by atoms with Crippen molar-refractivity contribution in [2.75, 3.05) is 47.5 Å². The topological polar surface area (TPSA) is 111 Å². The zero-order valence-corrected chi connectivity index (χ0v) is 32.4. The number of hydrogen-bond acceptors (Lipinski definition) is 8. The van der Waals surface area contributed by atoms with Crippen molar-refractivity contribution in [3.63, 3.8) is 0 Å². The molecule has 0 saturated heterocycles. The van der Waals surface area contributed by atoms with Crippen LogP contribution >= 0.6 is 7.82 Å². The molecule has 10 heteroatoms. The van der Waals surface area contributed by atoms with Crippen molar-refractivity contribution in [2.24, 2.45) is 5.92 Å². The van der Waals surface area contributed by atoms with Gasteiger partial charge in [0.1, 0.15) is 19.8 Å². The lowest BCUT2D eigenvalue weighted by Crippen LogP contribution is -2.37. The van der Waals surface area contributed by atoms with Gasteiger partial charge in [0.05, 0.1) is 27.7 Å². The Morgan fingerprint density at radius 2 is 1.12 bits per heavy atom. The maximum atomic E-state index is 12.6. The van der Waals surface area contributed by atoms with Crippen LogP contribution in [-0.4, -0.2) is 70.0 Å². The lowest BCUT2D eigenvalue weighted by atomic mass is 10.0. The zero-order valence-electron chi connectivity index (χ0n) is 31.5. The number of ether oxygens (including phenoxy) is 2. The molecule has 0 aromatic heterocycles. The van der Waals surface area contributed by atoms with Crippen LogP contribution in [0.25, 0.3) is 0 Å². The number of quaternary nitrogens is 1. The largest absolute Gasteiger partial charge is 0.756 e. The Labute approximate surface area is 294 Å². The van der Waals surface area contributed by atoms with Crippen molar-refractivity contribution < 1.29 is 42.1 Å². The molecule has 0 radical (unpaired) electrons. The molecule has 1 aliphatic rings. The van der Waals surface area contributed by atoms with E-state index in [0.717, 1.165) is 38.0 Å². The molecular formula is C38H74NO8P. The highest BCUT2D eigenvalue weighted by Crippen LogP contribution is 2.38. The van der Waals surface area contributed by atoms with Gasteiger partial charge in [-0.15, -0.1) is 0 Å². The van der Waals surface area contributed by atoms with E-state index in [1.165, 1.54) is 116 Å². The predicted octanol–water partition coefficient (Wildman–Crippen LogP) is 9.44.